The molecule has 1 aliphatic carbocycles. The van der Waals surface area contributed by atoms with Gasteiger partial charge in [-0.05, 0) is 35.6 Å². The first-order valence-corrected chi connectivity index (χ1v) is 11.8. The summed E-state index contributed by atoms with van der Waals surface area (Å²) in [5.41, 5.74) is 4.05. The minimum absolute atomic E-state index is 0.677. The van der Waals surface area contributed by atoms with Crippen LogP contribution in [0.2, 0.25) is 0 Å². The molecule has 26 heavy (non-hydrogen) atoms. The second kappa shape index (κ2) is 9.16. The largest absolute Gasteiger partial charge is 0.408 e. The van der Waals surface area contributed by atoms with Crippen molar-refractivity contribution in [3.8, 4) is 0 Å². The van der Waals surface area contributed by atoms with Gasteiger partial charge in [0.05, 0.1) is 0 Å². The molecule has 3 rings (SSSR count). The fourth-order valence-corrected chi connectivity index (χ4v) is 7.75. The number of hydrogen-bond acceptors (Lipinski definition) is 1. The first-order valence-electron chi connectivity index (χ1n) is 9.79. The maximum atomic E-state index is 6.41. The molecule has 1 nitrogen and oxygen atoms in total. The summed E-state index contributed by atoms with van der Waals surface area (Å²) in [5.74, 6) is 0.677. The van der Waals surface area contributed by atoms with Crippen LogP contribution in [0.5, 0.6) is 0 Å². The average Bonchev–Trinajstić information content (AvgIpc) is 2.73. The molecule has 0 N–H and O–H groups in total. The van der Waals surface area contributed by atoms with E-state index in [2.05, 4.69) is 79.0 Å². The van der Waals surface area contributed by atoms with Crippen LogP contribution in [0, 0.1) is 5.92 Å². The summed E-state index contributed by atoms with van der Waals surface area (Å²) in [6.45, 7) is 4.03. The highest BCUT2D eigenvalue weighted by molar-refractivity contribution is 7.01. The zero-order chi connectivity index (χ0) is 18.2. The van der Waals surface area contributed by atoms with Crippen LogP contribution in [0.4, 0.5) is 0 Å². The van der Waals surface area contributed by atoms with Crippen molar-refractivity contribution in [1.82, 2.24) is 0 Å². The summed E-state index contributed by atoms with van der Waals surface area (Å²) in [7, 11) is -0.532. The van der Waals surface area contributed by atoms with E-state index in [0.717, 1.165) is 6.42 Å². The van der Waals surface area contributed by atoms with Crippen molar-refractivity contribution >= 4 is 18.7 Å². The second-order valence-electron chi connectivity index (χ2n) is 7.22. The number of rotatable bonds is 7. The van der Waals surface area contributed by atoms with Gasteiger partial charge in [-0.3, -0.25) is 0 Å². The van der Waals surface area contributed by atoms with E-state index in [-0.39, 0.29) is 0 Å². The highest BCUT2D eigenvalue weighted by Crippen LogP contribution is 2.32. The van der Waals surface area contributed by atoms with E-state index in [9.17, 15) is 0 Å². The predicted octanol–water partition coefficient (Wildman–Crippen LogP) is 5.01. The molecule has 2 heteroatoms. The smallest absolute Gasteiger partial charge is 0.280 e. The van der Waals surface area contributed by atoms with Crippen molar-refractivity contribution in [2.24, 2.45) is 5.92 Å². The van der Waals surface area contributed by atoms with Crippen LogP contribution in [0.1, 0.15) is 38.5 Å². The highest BCUT2D eigenvalue weighted by atomic mass is 28.4. The molecule has 0 aromatic heterocycles. The van der Waals surface area contributed by atoms with Crippen LogP contribution in [0.25, 0.3) is 0 Å². The lowest BCUT2D eigenvalue weighted by atomic mass is 9.83. The molecule has 136 valence electrons. The van der Waals surface area contributed by atoms with Gasteiger partial charge in [0, 0.05) is 7.11 Å². The fraction of sp³-hybridized carbons (Fsp3) is 0.333. The van der Waals surface area contributed by atoms with Crippen LogP contribution >= 0.6 is 0 Å². The maximum absolute atomic E-state index is 6.41. The summed E-state index contributed by atoms with van der Waals surface area (Å²) in [4.78, 5) is 0. The standard InChI is InChI=1S/C24H30OSi/c1-3-13-22(21-14-7-4-8-15-21)20-26(25-2,23-16-9-5-10-17-23)24-18-11-6-12-19-24/h3,5-6,9-12,16-21H,1,4,7-8,13-15H2,2H3/b22-20+. The van der Waals surface area contributed by atoms with Gasteiger partial charge < -0.3 is 4.43 Å². The van der Waals surface area contributed by atoms with Crippen molar-refractivity contribution in [3.63, 3.8) is 0 Å². The van der Waals surface area contributed by atoms with E-state index in [0.29, 0.717) is 5.92 Å². The topological polar surface area (TPSA) is 9.23 Å². The van der Waals surface area contributed by atoms with Gasteiger partial charge >= 0.3 is 0 Å². The van der Waals surface area contributed by atoms with Gasteiger partial charge in [0.1, 0.15) is 0 Å². The molecule has 0 atom stereocenters. The van der Waals surface area contributed by atoms with Gasteiger partial charge in [0.15, 0.2) is 0 Å². The number of allylic oxidation sites excluding steroid dienone is 2. The van der Waals surface area contributed by atoms with E-state index in [4.69, 9.17) is 4.43 Å². The summed E-state index contributed by atoms with van der Waals surface area (Å²) in [5, 5.41) is 2.62. The third-order valence-corrected chi connectivity index (χ3v) is 9.43. The third kappa shape index (κ3) is 4.08. The molecule has 0 unspecified atom stereocenters. The molecule has 0 radical (unpaired) electrons. The molecule has 0 spiro atoms. The van der Waals surface area contributed by atoms with Crippen molar-refractivity contribution in [3.05, 3.63) is 84.6 Å². The Morgan fingerprint density at radius 3 is 1.96 bits per heavy atom. The van der Waals surface area contributed by atoms with Gasteiger partial charge in [0.2, 0.25) is 0 Å². The molecule has 0 heterocycles. The van der Waals surface area contributed by atoms with E-state index in [1.54, 1.807) is 0 Å². The summed E-state index contributed by atoms with van der Waals surface area (Å²) >= 11 is 0. The summed E-state index contributed by atoms with van der Waals surface area (Å²) in [6, 6.07) is 21.6. The first kappa shape index (κ1) is 18.9. The summed E-state index contributed by atoms with van der Waals surface area (Å²) < 4.78 is 6.41. The van der Waals surface area contributed by atoms with Crippen LogP contribution in [-0.4, -0.2) is 15.4 Å². The molecule has 2 aromatic carbocycles. The van der Waals surface area contributed by atoms with E-state index in [1.807, 2.05) is 7.11 Å². The molecule has 0 bridgehead atoms. The number of benzene rings is 2. The molecule has 1 aliphatic rings. The van der Waals surface area contributed by atoms with Crippen molar-refractivity contribution < 1.29 is 4.43 Å². The molecule has 2 aromatic rings. The minimum Gasteiger partial charge on any atom is -0.408 e. The molecule has 1 saturated carbocycles. The van der Waals surface area contributed by atoms with Gasteiger partial charge in [-0.15, -0.1) is 6.58 Å². The monoisotopic (exact) mass is 362 g/mol. The Morgan fingerprint density at radius 1 is 0.962 bits per heavy atom. The number of hydrogen-bond donors (Lipinski definition) is 0. The summed E-state index contributed by atoms with van der Waals surface area (Å²) in [6.07, 6.45) is 9.69. The average molecular weight is 363 g/mol. The molecule has 0 saturated heterocycles. The Labute approximate surface area is 159 Å². The van der Waals surface area contributed by atoms with Crippen LogP contribution in [0.15, 0.2) is 84.6 Å². The molecule has 0 aliphatic heterocycles. The fourth-order valence-electron chi connectivity index (χ4n) is 4.24. The SMILES string of the molecule is C=CC/C(=C\[Si](OC)(c1ccccc1)c1ccccc1)C1CCCCC1. The Bertz CT molecular complexity index is 675. The predicted molar refractivity (Wildman–Crippen MR) is 114 cm³/mol. The zero-order valence-corrected chi connectivity index (χ0v) is 16.9. The lowest BCUT2D eigenvalue weighted by Gasteiger charge is -2.32. The third-order valence-electron chi connectivity index (χ3n) is 5.63. The molecule has 0 amide bonds. The minimum atomic E-state index is -2.42. The van der Waals surface area contributed by atoms with Gasteiger partial charge in [-0.1, -0.05) is 97.3 Å². The van der Waals surface area contributed by atoms with Crippen LogP contribution in [0.3, 0.4) is 0 Å². The Morgan fingerprint density at radius 2 is 1.50 bits per heavy atom. The van der Waals surface area contributed by atoms with Gasteiger partial charge in [-0.2, -0.15) is 0 Å². The Kier molecular flexibility index (Phi) is 6.65. The maximum Gasteiger partial charge on any atom is 0.280 e. The molecule has 1 fully saturated rings. The van der Waals surface area contributed by atoms with Gasteiger partial charge in [0.25, 0.3) is 8.32 Å². The highest BCUT2D eigenvalue weighted by Gasteiger charge is 2.37. The molecular formula is C24H30OSi. The first-order chi connectivity index (χ1) is 12.8. The van der Waals surface area contributed by atoms with Crippen molar-refractivity contribution in [2.75, 3.05) is 7.11 Å². The Hall–Kier alpha value is -1.90. The van der Waals surface area contributed by atoms with Crippen molar-refractivity contribution in [1.29, 1.82) is 0 Å². The lowest BCUT2D eigenvalue weighted by Crippen LogP contribution is -2.59. The second-order valence-corrected chi connectivity index (χ2v) is 10.5. The van der Waals surface area contributed by atoms with Crippen LogP contribution in [-0.2, 0) is 4.43 Å². The lowest BCUT2D eigenvalue weighted by molar-refractivity contribution is 0.396. The quantitative estimate of drug-likeness (QED) is 0.497. The van der Waals surface area contributed by atoms with Gasteiger partial charge in [-0.25, -0.2) is 0 Å². The van der Waals surface area contributed by atoms with E-state index >= 15 is 0 Å². The van der Waals surface area contributed by atoms with Crippen LogP contribution < -0.4 is 10.4 Å². The molecular weight excluding hydrogens is 332 g/mol. The van der Waals surface area contributed by atoms with Crippen molar-refractivity contribution in [2.45, 2.75) is 38.5 Å². The normalized spacial score (nSPS) is 16.4. The van der Waals surface area contributed by atoms with E-state index in [1.165, 1.54) is 48.1 Å². The Balaban J connectivity index is 2.13. The van der Waals surface area contributed by atoms with E-state index < -0.39 is 8.32 Å². The zero-order valence-electron chi connectivity index (χ0n) is 15.9.